The van der Waals surface area contributed by atoms with Gasteiger partial charge in [-0.15, -0.1) is 0 Å². The zero-order chi connectivity index (χ0) is 16.1. The number of benzene rings is 1. The third-order valence-electron chi connectivity index (χ3n) is 3.71. The summed E-state index contributed by atoms with van der Waals surface area (Å²) < 4.78 is 5.08. The first kappa shape index (κ1) is 15.8. The second-order valence-electron chi connectivity index (χ2n) is 5.17. The molecule has 116 valence electrons. The van der Waals surface area contributed by atoms with Crippen LogP contribution in [0.1, 0.15) is 39.8 Å². The number of carbonyl (C=O) groups excluding carboxylic acids is 1. The first-order chi connectivity index (χ1) is 10.5. The van der Waals surface area contributed by atoms with Crippen molar-refractivity contribution in [1.82, 2.24) is 4.90 Å². The topological polar surface area (TPSA) is 70.8 Å². The molecule has 0 radical (unpaired) electrons. The second-order valence-corrected chi connectivity index (χ2v) is 5.17. The minimum atomic E-state index is -1.11. The minimum absolute atomic E-state index is 0.0205. The molecule has 0 bridgehead atoms. The van der Waals surface area contributed by atoms with E-state index in [0.717, 1.165) is 24.7 Å². The van der Waals surface area contributed by atoms with E-state index in [4.69, 9.17) is 9.52 Å². The summed E-state index contributed by atoms with van der Waals surface area (Å²) in [5.41, 5.74) is 1.13. The number of hydrogen-bond donors (Lipinski definition) is 1. The van der Waals surface area contributed by atoms with E-state index >= 15 is 0 Å². The molecule has 0 aliphatic carbocycles. The molecule has 0 fully saturated rings. The van der Waals surface area contributed by atoms with Crippen molar-refractivity contribution >= 4 is 11.9 Å². The van der Waals surface area contributed by atoms with Crippen LogP contribution in [0.3, 0.4) is 0 Å². The summed E-state index contributed by atoms with van der Waals surface area (Å²) in [6.45, 7) is 2.02. The number of carboxylic acids is 1. The molecule has 0 spiro atoms. The number of carboxylic acid groups (broad SMARTS) is 1. The van der Waals surface area contributed by atoms with Gasteiger partial charge in [-0.25, -0.2) is 4.79 Å². The highest BCUT2D eigenvalue weighted by Crippen LogP contribution is 2.16. The molecule has 1 aromatic carbocycles. The molecule has 5 heteroatoms. The molecule has 2 aromatic rings. The van der Waals surface area contributed by atoms with Crippen LogP contribution in [0, 0.1) is 0 Å². The van der Waals surface area contributed by atoms with Crippen LogP contribution >= 0.6 is 0 Å². The SMILES string of the molecule is CCC(Cc1ccccc1)N(C)C(=O)c1cc(C(=O)O)co1. The van der Waals surface area contributed by atoms with Crippen LogP contribution < -0.4 is 0 Å². The molecule has 0 aliphatic rings. The van der Waals surface area contributed by atoms with Crippen molar-refractivity contribution in [3.05, 3.63) is 59.5 Å². The van der Waals surface area contributed by atoms with E-state index in [1.54, 1.807) is 11.9 Å². The van der Waals surface area contributed by atoms with E-state index in [9.17, 15) is 9.59 Å². The number of rotatable bonds is 6. The van der Waals surface area contributed by atoms with Crippen LogP contribution in [0.2, 0.25) is 0 Å². The highest BCUT2D eigenvalue weighted by Gasteiger charge is 2.23. The molecular weight excluding hydrogens is 282 g/mol. The normalized spacial score (nSPS) is 11.9. The van der Waals surface area contributed by atoms with Gasteiger partial charge in [0.15, 0.2) is 5.76 Å². The Hall–Kier alpha value is -2.56. The maximum atomic E-state index is 12.4. The molecule has 2 rings (SSSR count). The van der Waals surface area contributed by atoms with Gasteiger partial charge in [-0.05, 0) is 18.4 Å². The van der Waals surface area contributed by atoms with E-state index in [-0.39, 0.29) is 23.3 Å². The molecule has 1 amide bonds. The van der Waals surface area contributed by atoms with Crippen LogP contribution in [0.5, 0.6) is 0 Å². The summed E-state index contributed by atoms with van der Waals surface area (Å²) in [5, 5.41) is 8.88. The van der Waals surface area contributed by atoms with Crippen molar-refractivity contribution in [3.8, 4) is 0 Å². The molecule has 1 atom stereocenters. The Morgan fingerprint density at radius 1 is 1.27 bits per heavy atom. The van der Waals surface area contributed by atoms with Crippen LogP contribution in [0.15, 0.2) is 47.1 Å². The predicted octanol–water partition coefficient (Wildman–Crippen LogP) is 3.07. The lowest BCUT2D eigenvalue weighted by Gasteiger charge is -2.26. The maximum absolute atomic E-state index is 12.4. The first-order valence-electron chi connectivity index (χ1n) is 7.15. The van der Waals surface area contributed by atoms with Gasteiger partial charge < -0.3 is 14.4 Å². The van der Waals surface area contributed by atoms with Gasteiger partial charge in [0.05, 0.1) is 5.56 Å². The van der Waals surface area contributed by atoms with E-state index in [2.05, 4.69) is 0 Å². The van der Waals surface area contributed by atoms with Crippen molar-refractivity contribution in [3.63, 3.8) is 0 Å². The molecule has 0 aliphatic heterocycles. The Morgan fingerprint density at radius 2 is 1.95 bits per heavy atom. The van der Waals surface area contributed by atoms with E-state index in [1.807, 2.05) is 37.3 Å². The maximum Gasteiger partial charge on any atom is 0.338 e. The minimum Gasteiger partial charge on any atom is -0.478 e. The number of aromatic carboxylic acids is 1. The molecule has 22 heavy (non-hydrogen) atoms. The summed E-state index contributed by atoms with van der Waals surface area (Å²) in [4.78, 5) is 24.9. The Bertz CT molecular complexity index is 648. The molecule has 1 unspecified atom stereocenters. The number of hydrogen-bond acceptors (Lipinski definition) is 3. The van der Waals surface area contributed by atoms with Crippen molar-refractivity contribution in [2.24, 2.45) is 0 Å². The van der Waals surface area contributed by atoms with Gasteiger partial charge in [0.25, 0.3) is 5.91 Å². The fraction of sp³-hybridized carbons (Fsp3) is 0.294. The number of carbonyl (C=O) groups is 2. The number of amides is 1. The molecular formula is C17H19NO4. The summed E-state index contributed by atoms with van der Waals surface area (Å²) in [6.07, 6.45) is 2.62. The Morgan fingerprint density at radius 3 is 2.50 bits per heavy atom. The standard InChI is InChI=1S/C17H19NO4/c1-3-14(9-12-7-5-4-6-8-12)18(2)16(19)15-10-13(11-22-15)17(20)21/h4-8,10-11,14H,3,9H2,1-2H3,(H,20,21). The molecule has 0 saturated carbocycles. The van der Waals surface area contributed by atoms with Crippen molar-refractivity contribution in [2.45, 2.75) is 25.8 Å². The Kier molecular flexibility index (Phi) is 4.99. The molecule has 0 saturated heterocycles. The number of likely N-dealkylation sites (N-methyl/N-ethyl adjacent to an activating group) is 1. The van der Waals surface area contributed by atoms with E-state index < -0.39 is 5.97 Å². The molecule has 5 nitrogen and oxygen atoms in total. The molecule has 1 aromatic heterocycles. The second kappa shape index (κ2) is 6.93. The lowest BCUT2D eigenvalue weighted by molar-refractivity contribution is 0.0686. The van der Waals surface area contributed by atoms with Crippen molar-refractivity contribution in [2.75, 3.05) is 7.05 Å². The monoisotopic (exact) mass is 301 g/mol. The Balaban J connectivity index is 2.11. The van der Waals surface area contributed by atoms with Crippen LogP contribution in [0.25, 0.3) is 0 Å². The van der Waals surface area contributed by atoms with Gasteiger partial charge in [-0.2, -0.15) is 0 Å². The largest absolute Gasteiger partial charge is 0.478 e. The predicted molar refractivity (Wildman–Crippen MR) is 82.0 cm³/mol. The number of nitrogens with zero attached hydrogens (tertiary/aromatic N) is 1. The highest BCUT2D eigenvalue weighted by molar-refractivity contribution is 5.95. The quantitative estimate of drug-likeness (QED) is 0.890. The van der Waals surface area contributed by atoms with Gasteiger partial charge >= 0.3 is 5.97 Å². The lowest BCUT2D eigenvalue weighted by Crippen LogP contribution is -2.38. The van der Waals surface area contributed by atoms with Crippen LogP contribution in [-0.2, 0) is 6.42 Å². The van der Waals surface area contributed by atoms with Gasteiger partial charge in [0.1, 0.15) is 6.26 Å². The summed E-state index contributed by atoms with van der Waals surface area (Å²) in [7, 11) is 1.71. The molecule has 1 heterocycles. The van der Waals surface area contributed by atoms with Crippen LogP contribution in [-0.4, -0.2) is 35.0 Å². The smallest absolute Gasteiger partial charge is 0.338 e. The average molecular weight is 301 g/mol. The summed E-state index contributed by atoms with van der Waals surface area (Å²) in [6, 6.07) is 11.2. The molecule has 1 N–H and O–H groups in total. The lowest BCUT2D eigenvalue weighted by atomic mass is 10.0. The van der Waals surface area contributed by atoms with Crippen molar-refractivity contribution in [1.29, 1.82) is 0 Å². The van der Waals surface area contributed by atoms with Crippen LogP contribution in [0.4, 0.5) is 0 Å². The fourth-order valence-electron chi connectivity index (χ4n) is 2.34. The third-order valence-corrected chi connectivity index (χ3v) is 3.71. The summed E-state index contributed by atoms with van der Waals surface area (Å²) >= 11 is 0. The number of furan rings is 1. The zero-order valence-electron chi connectivity index (χ0n) is 12.7. The zero-order valence-corrected chi connectivity index (χ0v) is 12.7. The fourth-order valence-corrected chi connectivity index (χ4v) is 2.34. The average Bonchev–Trinajstić information content (AvgIpc) is 3.02. The van der Waals surface area contributed by atoms with Gasteiger partial charge in [-0.1, -0.05) is 37.3 Å². The third kappa shape index (κ3) is 3.55. The summed E-state index contributed by atoms with van der Waals surface area (Å²) in [5.74, 6) is -1.37. The first-order valence-corrected chi connectivity index (χ1v) is 7.15. The van der Waals surface area contributed by atoms with Gasteiger partial charge in [0.2, 0.25) is 0 Å². The highest BCUT2D eigenvalue weighted by atomic mass is 16.4. The van der Waals surface area contributed by atoms with E-state index in [1.165, 1.54) is 6.07 Å². The Labute approximate surface area is 129 Å². The van der Waals surface area contributed by atoms with Crippen molar-refractivity contribution < 1.29 is 19.1 Å². The van der Waals surface area contributed by atoms with Gasteiger partial charge in [-0.3, -0.25) is 4.79 Å². The van der Waals surface area contributed by atoms with E-state index in [0.29, 0.717) is 0 Å². The van der Waals surface area contributed by atoms with Gasteiger partial charge in [0, 0.05) is 19.2 Å².